The van der Waals surface area contributed by atoms with Gasteiger partial charge in [-0.15, -0.1) is 11.6 Å². The van der Waals surface area contributed by atoms with E-state index < -0.39 is 0 Å². The number of nitrogens with zero attached hydrogens (tertiary/aromatic N) is 1. The molecule has 0 unspecified atom stereocenters. The van der Waals surface area contributed by atoms with Crippen LogP contribution in [0, 0.1) is 0 Å². The molecular formula is C19H18ClNO2. The fraction of sp³-hybridized carbons (Fsp3) is 0.211. The molecule has 0 spiro atoms. The third-order valence-corrected chi connectivity index (χ3v) is 3.80. The van der Waals surface area contributed by atoms with Gasteiger partial charge in [0.15, 0.2) is 0 Å². The molecule has 3 rings (SSSR count). The second-order valence-corrected chi connectivity index (χ2v) is 5.51. The van der Waals surface area contributed by atoms with Gasteiger partial charge in [0, 0.05) is 11.4 Å². The molecule has 0 amide bonds. The summed E-state index contributed by atoms with van der Waals surface area (Å²) in [5.41, 5.74) is 3.04. The van der Waals surface area contributed by atoms with E-state index in [2.05, 4.69) is 4.98 Å². The molecule has 118 valence electrons. The molecule has 0 aliphatic rings. The summed E-state index contributed by atoms with van der Waals surface area (Å²) in [5.74, 6) is 2.05. The van der Waals surface area contributed by atoms with Gasteiger partial charge in [-0.05, 0) is 42.7 Å². The van der Waals surface area contributed by atoms with Gasteiger partial charge >= 0.3 is 0 Å². The summed E-state index contributed by atoms with van der Waals surface area (Å²) in [7, 11) is 0. The summed E-state index contributed by atoms with van der Waals surface area (Å²) < 4.78 is 11.2. The van der Waals surface area contributed by atoms with Crippen molar-refractivity contribution in [2.45, 2.75) is 18.7 Å². The van der Waals surface area contributed by atoms with E-state index in [1.54, 1.807) is 6.26 Å². The molecular weight excluding hydrogens is 310 g/mol. The van der Waals surface area contributed by atoms with Crippen molar-refractivity contribution in [3.8, 4) is 17.2 Å². The van der Waals surface area contributed by atoms with Gasteiger partial charge in [0.2, 0.25) is 5.89 Å². The molecule has 1 heterocycles. The lowest BCUT2D eigenvalue weighted by Crippen LogP contribution is -1.99. The third-order valence-electron chi connectivity index (χ3n) is 3.50. The molecule has 0 atom stereocenters. The molecule has 0 bridgehead atoms. The van der Waals surface area contributed by atoms with Gasteiger partial charge < -0.3 is 9.15 Å². The molecule has 0 aliphatic carbocycles. The Bertz CT molecular complexity index is 723. The first-order valence-corrected chi connectivity index (χ1v) is 8.16. The summed E-state index contributed by atoms with van der Waals surface area (Å²) in [4.78, 5) is 4.51. The minimum atomic E-state index is 0.524. The minimum absolute atomic E-state index is 0.524. The lowest BCUT2D eigenvalue weighted by atomic mass is 10.2. The van der Waals surface area contributed by atoms with Gasteiger partial charge in [-0.1, -0.05) is 30.3 Å². The van der Waals surface area contributed by atoms with Crippen LogP contribution < -0.4 is 4.74 Å². The second kappa shape index (κ2) is 7.84. The summed E-state index contributed by atoms with van der Waals surface area (Å²) in [6.07, 6.45) is 3.44. The van der Waals surface area contributed by atoms with Gasteiger partial charge in [-0.3, -0.25) is 0 Å². The van der Waals surface area contributed by atoms with Crippen molar-refractivity contribution in [3.63, 3.8) is 0 Å². The van der Waals surface area contributed by atoms with E-state index in [-0.39, 0.29) is 0 Å². The van der Waals surface area contributed by atoms with Crippen LogP contribution in [0.4, 0.5) is 0 Å². The predicted octanol–water partition coefficient (Wildman–Crippen LogP) is 5.09. The predicted molar refractivity (Wildman–Crippen MR) is 91.8 cm³/mol. The fourth-order valence-electron chi connectivity index (χ4n) is 2.25. The molecule has 23 heavy (non-hydrogen) atoms. The smallest absolute Gasteiger partial charge is 0.226 e. The first-order valence-electron chi connectivity index (χ1n) is 7.62. The highest BCUT2D eigenvalue weighted by Gasteiger charge is 2.06. The van der Waals surface area contributed by atoms with Crippen LogP contribution in [0.2, 0.25) is 0 Å². The monoisotopic (exact) mass is 327 g/mol. The number of rotatable bonds is 7. The highest BCUT2D eigenvalue weighted by molar-refractivity contribution is 6.17. The quantitative estimate of drug-likeness (QED) is 0.448. The summed E-state index contributed by atoms with van der Waals surface area (Å²) in [5, 5.41) is 0. The number of halogens is 1. The zero-order valence-electron chi connectivity index (χ0n) is 12.7. The van der Waals surface area contributed by atoms with Crippen LogP contribution in [0.25, 0.3) is 11.5 Å². The Morgan fingerprint density at radius 1 is 1.00 bits per heavy atom. The Balaban J connectivity index is 1.46. The van der Waals surface area contributed by atoms with Crippen LogP contribution in [0.1, 0.15) is 17.7 Å². The Morgan fingerprint density at radius 3 is 2.52 bits per heavy atom. The standard InChI is InChI=1S/C19H18ClNO2/c20-13-15-8-10-18(11-9-15)22-12-4-7-17-14-23-19(21-17)16-5-2-1-3-6-16/h1-3,5-6,8-11,14H,4,7,12-13H2. The lowest BCUT2D eigenvalue weighted by molar-refractivity contribution is 0.310. The Morgan fingerprint density at radius 2 is 1.78 bits per heavy atom. The first kappa shape index (κ1) is 15.6. The van der Waals surface area contributed by atoms with E-state index in [1.807, 2.05) is 54.6 Å². The van der Waals surface area contributed by atoms with Crippen LogP contribution in [0.5, 0.6) is 5.75 Å². The minimum Gasteiger partial charge on any atom is -0.494 e. The van der Waals surface area contributed by atoms with Gasteiger partial charge in [0.1, 0.15) is 12.0 Å². The van der Waals surface area contributed by atoms with E-state index in [9.17, 15) is 0 Å². The van der Waals surface area contributed by atoms with Gasteiger partial charge in [0.25, 0.3) is 0 Å². The summed E-state index contributed by atoms with van der Waals surface area (Å²) in [6.45, 7) is 0.647. The number of alkyl halides is 1. The summed E-state index contributed by atoms with van der Waals surface area (Å²) >= 11 is 5.76. The van der Waals surface area contributed by atoms with Crippen molar-refractivity contribution in [3.05, 3.63) is 72.1 Å². The van der Waals surface area contributed by atoms with Crippen molar-refractivity contribution in [1.82, 2.24) is 4.98 Å². The van der Waals surface area contributed by atoms with Crippen LogP contribution in [-0.2, 0) is 12.3 Å². The van der Waals surface area contributed by atoms with Crippen molar-refractivity contribution in [2.75, 3.05) is 6.61 Å². The molecule has 0 N–H and O–H groups in total. The molecule has 3 nitrogen and oxygen atoms in total. The zero-order valence-corrected chi connectivity index (χ0v) is 13.5. The highest BCUT2D eigenvalue weighted by atomic mass is 35.5. The molecule has 0 fully saturated rings. The van der Waals surface area contributed by atoms with Crippen LogP contribution in [-0.4, -0.2) is 11.6 Å². The molecule has 4 heteroatoms. The van der Waals surface area contributed by atoms with E-state index >= 15 is 0 Å². The topological polar surface area (TPSA) is 35.3 Å². The maximum atomic E-state index is 5.76. The normalized spacial score (nSPS) is 10.7. The number of oxazole rings is 1. The van der Waals surface area contributed by atoms with Gasteiger partial charge in [0.05, 0.1) is 12.3 Å². The van der Waals surface area contributed by atoms with Crippen LogP contribution in [0.15, 0.2) is 65.3 Å². The second-order valence-electron chi connectivity index (χ2n) is 5.24. The SMILES string of the molecule is ClCc1ccc(OCCCc2coc(-c3ccccc3)n2)cc1. The summed E-state index contributed by atoms with van der Waals surface area (Å²) in [6, 6.07) is 17.8. The molecule has 1 aromatic heterocycles. The fourth-order valence-corrected chi connectivity index (χ4v) is 2.43. The molecule has 0 saturated carbocycles. The number of aryl methyl sites for hydroxylation is 1. The molecule has 0 radical (unpaired) electrons. The average Bonchev–Trinajstić information content (AvgIpc) is 3.09. The first-order chi connectivity index (χ1) is 11.3. The van der Waals surface area contributed by atoms with Crippen molar-refractivity contribution in [2.24, 2.45) is 0 Å². The number of hydrogen-bond acceptors (Lipinski definition) is 3. The van der Waals surface area contributed by atoms with Crippen LogP contribution >= 0.6 is 11.6 Å². The average molecular weight is 328 g/mol. The molecule has 0 aliphatic heterocycles. The van der Waals surface area contributed by atoms with Gasteiger partial charge in [-0.25, -0.2) is 4.98 Å². The Labute approximate surface area is 140 Å². The van der Waals surface area contributed by atoms with E-state index in [0.29, 0.717) is 18.4 Å². The Hall–Kier alpha value is -2.26. The van der Waals surface area contributed by atoms with Crippen molar-refractivity contribution in [1.29, 1.82) is 0 Å². The van der Waals surface area contributed by atoms with Gasteiger partial charge in [-0.2, -0.15) is 0 Å². The number of hydrogen-bond donors (Lipinski definition) is 0. The number of benzene rings is 2. The van der Waals surface area contributed by atoms with E-state index in [1.165, 1.54) is 0 Å². The zero-order chi connectivity index (χ0) is 15.9. The van der Waals surface area contributed by atoms with Crippen LogP contribution in [0.3, 0.4) is 0 Å². The molecule has 3 aromatic rings. The maximum Gasteiger partial charge on any atom is 0.226 e. The van der Waals surface area contributed by atoms with Crippen molar-refractivity contribution >= 4 is 11.6 Å². The van der Waals surface area contributed by atoms with E-state index in [0.717, 1.165) is 35.4 Å². The lowest BCUT2D eigenvalue weighted by Gasteiger charge is -2.05. The number of ether oxygens (including phenoxy) is 1. The maximum absolute atomic E-state index is 5.76. The van der Waals surface area contributed by atoms with Crippen molar-refractivity contribution < 1.29 is 9.15 Å². The number of aromatic nitrogens is 1. The third kappa shape index (κ3) is 4.36. The Kier molecular flexibility index (Phi) is 5.33. The molecule has 2 aromatic carbocycles. The van der Waals surface area contributed by atoms with E-state index in [4.69, 9.17) is 20.8 Å². The molecule has 0 saturated heterocycles. The largest absolute Gasteiger partial charge is 0.494 e. The highest BCUT2D eigenvalue weighted by Crippen LogP contribution is 2.19.